The maximum absolute atomic E-state index is 10.5. The highest BCUT2D eigenvalue weighted by Crippen LogP contribution is 2.19. The fourth-order valence-electron chi connectivity index (χ4n) is 1.70. The molecule has 1 atom stereocenters. The molecule has 4 N–H and O–H groups in total. The third-order valence-corrected chi connectivity index (χ3v) is 2.50. The Balaban J connectivity index is 2.01. The fourth-order valence-corrected chi connectivity index (χ4v) is 1.70. The van der Waals surface area contributed by atoms with Gasteiger partial charge in [-0.05, 0) is 18.2 Å². The number of aromatic nitrogens is 1. The molecule has 0 saturated carbocycles. The number of hydrogen-bond acceptors (Lipinski definition) is 5. The first kappa shape index (κ1) is 12.4. The number of nitrogens with one attached hydrogen (secondary N) is 1. The first-order valence-corrected chi connectivity index (χ1v) is 5.63. The minimum Gasteiger partial charge on any atom is -0.481 e. The van der Waals surface area contributed by atoms with Crippen LogP contribution in [0.1, 0.15) is 12.3 Å². The van der Waals surface area contributed by atoms with Crippen LogP contribution in [-0.4, -0.2) is 28.6 Å². The molecule has 0 radical (unpaired) electrons. The molecular weight excluding hydrogens is 234 g/mol. The Morgan fingerprint density at radius 2 is 2.39 bits per heavy atom. The predicted octanol–water partition coefficient (Wildman–Crippen LogP) is 1.35. The molecule has 18 heavy (non-hydrogen) atoms. The summed E-state index contributed by atoms with van der Waals surface area (Å²) in [7, 11) is 0. The summed E-state index contributed by atoms with van der Waals surface area (Å²) in [6.45, 7) is 2.19. The lowest BCUT2D eigenvalue weighted by molar-refractivity contribution is -0.137. The highest BCUT2D eigenvalue weighted by molar-refractivity contribution is 5.77. The van der Waals surface area contributed by atoms with E-state index in [4.69, 9.17) is 15.3 Å². The van der Waals surface area contributed by atoms with E-state index in [2.05, 4.69) is 10.3 Å². The second kappa shape index (κ2) is 5.05. The molecule has 1 unspecified atom stereocenters. The Hall–Kier alpha value is -2.08. The third-order valence-electron chi connectivity index (χ3n) is 2.50. The van der Waals surface area contributed by atoms with Gasteiger partial charge in [-0.25, -0.2) is 4.98 Å². The van der Waals surface area contributed by atoms with Crippen molar-refractivity contribution < 1.29 is 14.3 Å². The number of carboxylic acids is 1. The summed E-state index contributed by atoms with van der Waals surface area (Å²) in [5.41, 5.74) is 8.00. The summed E-state index contributed by atoms with van der Waals surface area (Å²) in [4.78, 5) is 14.7. The van der Waals surface area contributed by atoms with Gasteiger partial charge in [-0.3, -0.25) is 4.79 Å². The van der Waals surface area contributed by atoms with E-state index in [9.17, 15) is 4.79 Å². The number of carboxylic acid groups (broad SMARTS) is 1. The largest absolute Gasteiger partial charge is 0.481 e. The number of fused-ring (bicyclic) bond motifs is 1. The van der Waals surface area contributed by atoms with Crippen molar-refractivity contribution in [2.24, 2.45) is 5.73 Å². The molecule has 6 nitrogen and oxygen atoms in total. The standard InChI is InChI=1S/C12H15N3O3/c1-7-15-10-5-9(2-3-11(10)18-7)14-6-8(13)4-12(16)17/h2-3,5,8,14H,4,6,13H2,1H3,(H,16,17). The lowest BCUT2D eigenvalue weighted by Crippen LogP contribution is -2.31. The first-order valence-electron chi connectivity index (χ1n) is 5.63. The lowest BCUT2D eigenvalue weighted by atomic mass is 10.2. The molecule has 0 fully saturated rings. The minimum absolute atomic E-state index is 0.0572. The molecule has 0 aliphatic heterocycles. The lowest BCUT2D eigenvalue weighted by Gasteiger charge is -2.11. The van der Waals surface area contributed by atoms with Gasteiger partial charge in [-0.1, -0.05) is 0 Å². The Kier molecular flexibility index (Phi) is 3.47. The van der Waals surface area contributed by atoms with Gasteiger partial charge in [0.15, 0.2) is 11.5 Å². The number of hydrogen-bond donors (Lipinski definition) is 3. The van der Waals surface area contributed by atoms with Crippen LogP contribution in [0.3, 0.4) is 0 Å². The summed E-state index contributed by atoms with van der Waals surface area (Å²) in [6, 6.07) is 5.09. The van der Waals surface area contributed by atoms with Gasteiger partial charge in [-0.15, -0.1) is 0 Å². The second-order valence-electron chi connectivity index (χ2n) is 4.15. The molecule has 0 spiro atoms. The quantitative estimate of drug-likeness (QED) is 0.739. The van der Waals surface area contributed by atoms with Gasteiger partial charge >= 0.3 is 5.97 Å². The second-order valence-corrected chi connectivity index (χ2v) is 4.15. The van der Waals surface area contributed by atoms with Crippen LogP contribution in [0.15, 0.2) is 22.6 Å². The average Bonchev–Trinajstić information content (AvgIpc) is 2.64. The van der Waals surface area contributed by atoms with Crippen LogP contribution in [0.4, 0.5) is 5.69 Å². The van der Waals surface area contributed by atoms with E-state index < -0.39 is 12.0 Å². The highest BCUT2D eigenvalue weighted by Gasteiger charge is 2.08. The van der Waals surface area contributed by atoms with Gasteiger partial charge in [0.2, 0.25) is 0 Å². The molecule has 0 amide bonds. The average molecular weight is 249 g/mol. The van der Waals surface area contributed by atoms with Gasteiger partial charge in [0.1, 0.15) is 5.52 Å². The molecule has 1 aromatic heterocycles. The number of benzene rings is 1. The van der Waals surface area contributed by atoms with Crippen LogP contribution in [0.25, 0.3) is 11.1 Å². The van der Waals surface area contributed by atoms with Gasteiger partial charge < -0.3 is 20.6 Å². The van der Waals surface area contributed by atoms with E-state index in [1.54, 1.807) is 6.92 Å². The van der Waals surface area contributed by atoms with E-state index in [-0.39, 0.29) is 6.42 Å². The summed E-state index contributed by atoms with van der Waals surface area (Å²) >= 11 is 0. The van der Waals surface area contributed by atoms with E-state index in [1.807, 2.05) is 18.2 Å². The number of rotatable bonds is 5. The molecule has 1 aromatic carbocycles. The van der Waals surface area contributed by atoms with Gasteiger partial charge in [-0.2, -0.15) is 0 Å². The normalized spacial score (nSPS) is 12.6. The predicted molar refractivity (Wildman–Crippen MR) is 67.5 cm³/mol. The summed E-state index contributed by atoms with van der Waals surface area (Å²) in [5.74, 6) is -0.281. The molecule has 2 rings (SSSR count). The van der Waals surface area contributed by atoms with Crippen molar-refractivity contribution in [3.8, 4) is 0 Å². The maximum Gasteiger partial charge on any atom is 0.304 e. The number of anilines is 1. The van der Waals surface area contributed by atoms with Crippen molar-refractivity contribution in [3.63, 3.8) is 0 Å². The molecular formula is C12H15N3O3. The molecule has 0 bridgehead atoms. The zero-order chi connectivity index (χ0) is 13.1. The number of aryl methyl sites for hydroxylation is 1. The first-order chi connectivity index (χ1) is 8.54. The van der Waals surface area contributed by atoms with Crippen molar-refractivity contribution in [1.82, 2.24) is 4.98 Å². The number of aliphatic carboxylic acids is 1. The van der Waals surface area contributed by atoms with Crippen LogP contribution in [-0.2, 0) is 4.79 Å². The number of nitrogens with zero attached hydrogens (tertiary/aromatic N) is 1. The van der Waals surface area contributed by atoms with E-state index in [0.717, 1.165) is 16.8 Å². The molecule has 96 valence electrons. The van der Waals surface area contributed by atoms with Crippen LogP contribution < -0.4 is 11.1 Å². The minimum atomic E-state index is -0.896. The SMILES string of the molecule is Cc1nc2cc(NCC(N)CC(=O)O)ccc2o1. The van der Waals surface area contributed by atoms with Crippen LogP contribution in [0.2, 0.25) is 0 Å². The molecule has 1 heterocycles. The molecule has 0 aliphatic carbocycles. The summed E-state index contributed by atoms with van der Waals surface area (Å²) < 4.78 is 5.36. The van der Waals surface area contributed by atoms with E-state index in [1.165, 1.54) is 0 Å². The van der Waals surface area contributed by atoms with Crippen LogP contribution in [0, 0.1) is 6.92 Å². The number of carbonyl (C=O) groups is 1. The molecule has 0 aliphatic rings. The van der Waals surface area contributed by atoms with Crippen LogP contribution >= 0.6 is 0 Å². The highest BCUT2D eigenvalue weighted by atomic mass is 16.4. The zero-order valence-corrected chi connectivity index (χ0v) is 10.0. The Bertz CT molecular complexity index is 565. The van der Waals surface area contributed by atoms with Crippen molar-refractivity contribution >= 4 is 22.8 Å². The number of oxazole rings is 1. The zero-order valence-electron chi connectivity index (χ0n) is 10.0. The smallest absolute Gasteiger partial charge is 0.304 e. The number of nitrogens with two attached hydrogens (primary N) is 1. The summed E-state index contributed by atoms with van der Waals surface area (Å²) in [6.07, 6.45) is -0.0572. The van der Waals surface area contributed by atoms with Gasteiger partial charge in [0, 0.05) is 25.2 Å². The Morgan fingerprint density at radius 1 is 1.61 bits per heavy atom. The Labute approximate surface area is 104 Å². The van der Waals surface area contributed by atoms with Gasteiger partial charge in [0.05, 0.1) is 6.42 Å². The molecule has 6 heteroatoms. The fraction of sp³-hybridized carbons (Fsp3) is 0.333. The molecule has 2 aromatic rings. The van der Waals surface area contributed by atoms with Crippen molar-refractivity contribution in [2.75, 3.05) is 11.9 Å². The topological polar surface area (TPSA) is 101 Å². The van der Waals surface area contributed by atoms with E-state index >= 15 is 0 Å². The van der Waals surface area contributed by atoms with Crippen molar-refractivity contribution in [2.45, 2.75) is 19.4 Å². The maximum atomic E-state index is 10.5. The molecule has 0 saturated heterocycles. The van der Waals surface area contributed by atoms with Crippen LogP contribution in [0.5, 0.6) is 0 Å². The monoisotopic (exact) mass is 249 g/mol. The summed E-state index contributed by atoms with van der Waals surface area (Å²) in [5, 5.41) is 11.7. The van der Waals surface area contributed by atoms with E-state index in [0.29, 0.717) is 12.4 Å². The third kappa shape index (κ3) is 2.98. The van der Waals surface area contributed by atoms with Gasteiger partial charge in [0.25, 0.3) is 0 Å². The van der Waals surface area contributed by atoms with Crippen molar-refractivity contribution in [1.29, 1.82) is 0 Å². The van der Waals surface area contributed by atoms with Crippen molar-refractivity contribution in [3.05, 3.63) is 24.1 Å². The Morgan fingerprint density at radius 3 is 3.11 bits per heavy atom.